The Kier molecular flexibility index (Phi) is 4.59. The van der Waals surface area contributed by atoms with Crippen LogP contribution in [0.3, 0.4) is 0 Å². The summed E-state index contributed by atoms with van der Waals surface area (Å²) in [5.74, 6) is 0. The minimum Gasteiger partial charge on any atom is -0.0793 e. The van der Waals surface area contributed by atoms with Crippen LogP contribution in [0.5, 0.6) is 0 Å². The number of hydrogen-bond donors (Lipinski definition) is 0. The molecule has 1 radical (unpaired) electrons. The van der Waals surface area contributed by atoms with E-state index in [1.807, 2.05) is 0 Å². The Bertz CT molecular complexity index is 670. The van der Waals surface area contributed by atoms with Gasteiger partial charge in [0, 0.05) is 0 Å². The predicted molar refractivity (Wildman–Crippen MR) is 92.7 cm³/mol. The van der Waals surface area contributed by atoms with Crippen molar-refractivity contribution < 1.29 is 18.9 Å². The van der Waals surface area contributed by atoms with E-state index in [9.17, 15) is 0 Å². The maximum Gasteiger partial charge on any atom is 1.00 e. The second-order valence-electron chi connectivity index (χ2n) is 5.86. The molecule has 2 heteroatoms. The van der Waals surface area contributed by atoms with E-state index >= 15 is 0 Å². The molecule has 2 aromatic rings. The summed E-state index contributed by atoms with van der Waals surface area (Å²) in [7, 11) is -0.537. The molecule has 22 heavy (non-hydrogen) atoms. The SMILES string of the molecule is CC[Si](C1C=Cc2ccccc21)C1C=Cc2ccccc21.[Li+]. The third-order valence-electron chi connectivity index (χ3n) is 4.81. The van der Waals surface area contributed by atoms with Crippen molar-refractivity contribution in [2.75, 3.05) is 0 Å². The van der Waals surface area contributed by atoms with Crippen LogP contribution in [0.1, 0.15) is 40.3 Å². The second kappa shape index (κ2) is 6.46. The smallest absolute Gasteiger partial charge is 0.0793 e. The van der Waals surface area contributed by atoms with Gasteiger partial charge in [0.05, 0.1) is 8.80 Å². The Morgan fingerprint density at radius 1 is 0.773 bits per heavy atom. The van der Waals surface area contributed by atoms with Crippen LogP contribution in [0.2, 0.25) is 6.04 Å². The number of hydrogen-bond acceptors (Lipinski definition) is 0. The normalized spacial score (nSPS) is 20.8. The maximum atomic E-state index is 2.46. The van der Waals surface area contributed by atoms with E-state index in [1.54, 1.807) is 11.1 Å². The largest absolute Gasteiger partial charge is 1.00 e. The quantitative estimate of drug-likeness (QED) is 0.762. The van der Waals surface area contributed by atoms with Gasteiger partial charge in [0.2, 0.25) is 0 Å². The van der Waals surface area contributed by atoms with Gasteiger partial charge < -0.3 is 0 Å². The molecule has 0 heterocycles. The fourth-order valence-corrected chi connectivity index (χ4v) is 7.06. The predicted octanol–water partition coefficient (Wildman–Crippen LogP) is 2.20. The standard InChI is InChI=1S/C20H19Si.Li/c1-2-21(19-13-11-15-7-3-5-9-17(15)19)20-14-12-16-8-4-6-10-18(16)20;/h3-14,19-20H,2H2,1H3;/q;+1. The van der Waals surface area contributed by atoms with E-state index in [0.29, 0.717) is 11.1 Å². The van der Waals surface area contributed by atoms with Crippen LogP contribution in [-0.2, 0) is 0 Å². The molecule has 2 unspecified atom stereocenters. The van der Waals surface area contributed by atoms with Gasteiger partial charge in [-0.05, 0) is 33.3 Å². The minimum absolute atomic E-state index is 0. The number of allylic oxidation sites excluding steroid dienone is 2. The van der Waals surface area contributed by atoms with E-state index in [2.05, 4.69) is 79.8 Å². The van der Waals surface area contributed by atoms with Gasteiger partial charge in [-0.25, -0.2) is 0 Å². The van der Waals surface area contributed by atoms with Crippen molar-refractivity contribution in [3.8, 4) is 0 Å². The van der Waals surface area contributed by atoms with Crippen LogP contribution < -0.4 is 18.9 Å². The molecule has 0 aromatic heterocycles. The van der Waals surface area contributed by atoms with E-state index < -0.39 is 8.80 Å². The van der Waals surface area contributed by atoms with Crippen molar-refractivity contribution in [1.82, 2.24) is 0 Å². The summed E-state index contributed by atoms with van der Waals surface area (Å²) in [6.45, 7) is 2.37. The number of fused-ring (bicyclic) bond motifs is 2. The van der Waals surface area contributed by atoms with Crippen LogP contribution in [0.4, 0.5) is 0 Å². The Hall–Kier alpha value is -1.27. The molecule has 4 rings (SSSR count). The molecule has 103 valence electrons. The summed E-state index contributed by atoms with van der Waals surface area (Å²) in [5, 5.41) is 0. The van der Waals surface area contributed by atoms with Gasteiger partial charge in [-0.2, -0.15) is 0 Å². The van der Waals surface area contributed by atoms with E-state index in [4.69, 9.17) is 0 Å². The molecule has 0 saturated heterocycles. The summed E-state index contributed by atoms with van der Waals surface area (Å²) < 4.78 is 0. The zero-order valence-corrected chi connectivity index (χ0v) is 14.3. The van der Waals surface area contributed by atoms with Gasteiger partial charge in [0.25, 0.3) is 0 Å². The Morgan fingerprint density at radius 3 is 1.68 bits per heavy atom. The zero-order chi connectivity index (χ0) is 14.2. The third-order valence-corrected chi connectivity index (χ3v) is 8.23. The van der Waals surface area contributed by atoms with E-state index in [0.717, 1.165) is 0 Å². The first kappa shape index (κ1) is 15.6. The topological polar surface area (TPSA) is 0 Å². The van der Waals surface area contributed by atoms with Gasteiger partial charge in [-0.1, -0.05) is 85.8 Å². The van der Waals surface area contributed by atoms with E-state index in [1.165, 1.54) is 17.2 Å². The summed E-state index contributed by atoms with van der Waals surface area (Å²) in [4.78, 5) is 0. The summed E-state index contributed by atoms with van der Waals surface area (Å²) in [5.41, 5.74) is 7.24. The van der Waals surface area contributed by atoms with Gasteiger partial charge in [0.1, 0.15) is 0 Å². The van der Waals surface area contributed by atoms with Crippen molar-refractivity contribution in [3.05, 3.63) is 82.9 Å². The van der Waals surface area contributed by atoms with Crippen molar-refractivity contribution in [1.29, 1.82) is 0 Å². The van der Waals surface area contributed by atoms with Crippen LogP contribution in [-0.4, -0.2) is 8.80 Å². The second-order valence-corrected chi connectivity index (χ2v) is 8.96. The molecule has 0 N–H and O–H groups in total. The Morgan fingerprint density at radius 2 is 1.23 bits per heavy atom. The fraction of sp³-hybridized carbons (Fsp3) is 0.200. The molecule has 2 aliphatic rings. The molecule has 0 nitrogen and oxygen atoms in total. The molecule has 2 aromatic carbocycles. The summed E-state index contributed by atoms with van der Waals surface area (Å²) in [6.07, 6.45) is 9.56. The zero-order valence-electron chi connectivity index (χ0n) is 13.3. The monoisotopic (exact) mass is 294 g/mol. The molecule has 0 bridgehead atoms. The van der Waals surface area contributed by atoms with Crippen LogP contribution in [0, 0.1) is 0 Å². The number of rotatable bonds is 3. The van der Waals surface area contributed by atoms with Crippen molar-refractivity contribution >= 4 is 20.9 Å². The maximum absolute atomic E-state index is 2.46. The fourth-order valence-electron chi connectivity index (χ4n) is 3.78. The Labute approximate surface area is 146 Å². The van der Waals surface area contributed by atoms with E-state index in [-0.39, 0.29) is 18.9 Å². The molecular weight excluding hydrogens is 275 g/mol. The molecule has 0 spiro atoms. The molecule has 0 fully saturated rings. The molecule has 2 aliphatic carbocycles. The minimum atomic E-state index is -0.537. The van der Waals surface area contributed by atoms with Crippen LogP contribution in [0.15, 0.2) is 60.7 Å². The van der Waals surface area contributed by atoms with Crippen LogP contribution in [0.25, 0.3) is 12.2 Å². The molecular formula is C20H19LiSi+. The first-order chi connectivity index (χ1) is 10.4. The first-order valence-corrected chi connectivity index (χ1v) is 9.64. The van der Waals surface area contributed by atoms with Crippen molar-refractivity contribution in [2.45, 2.75) is 24.1 Å². The summed E-state index contributed by atoms with van der Waals surface area (Å²) in [6, 6.07) is 19.1. The average Bonchev–Trinajstić information content (AvgIpc) is 3.14. The van der Waals surface area contributed by atoms with Gasteiger partial charge in [-0.15, -0.1) is 0 Å². The summed E-state index contributed by atoms with van der Waals surface area (Å²) >= 11 is 0. The van der Waals surface area contributed by atoms with Gasteiger partial charge >= 0.3 is 18.9 Å². The average molecular weight is 294 g/mol. The number of benzene rings is 2. The third kappa shape index (κ3) is 2.48. The molecule has 0 amide bonds. The molecule has 0 aliphatic heterocycles. The van der Waals surface area contributed by atoms with Gasteiger partial charge in [-0.3, -0.25) is 0 Å². The first-order valence-electron chi connectivity index (χ1n) is 7.78. The Balaban J connectivity index is 0.00000144. The van der Waals surface area contributed by atoms with Crippen molar-refractivity contribution in [2.24, 2.45) is 0 Å². The van der Waals surface area contributed by atoms with Crippen molar-refractivity contribution in [3.63, 3.8) is 0 Å². The molecule has 2 atom stereocenters. The molecule has 0 saturated carbocycles. The van der Waals surface area contributed by atoms with Crippen LogP contribution >= 0.6 is 0 Å². The van der Waals surface area contributed by atoms with Gasteiger partial charge in [0.15, 0.2) is 0 Å².